The number of amides is 2. The van der Waals surface area contributed by atoms with Gasteiger partial charge in [-0.05, 0) is 30.5 Å². The predicted molar refractivity (Wildman–Crippen MR) is 106 cm³/mol. The maximum Gasteiger partial charge on any atom is 0.240 e. The molecule has 0 saturated carbocycles. The van der Waals surface area contributed by atoms with Gasteiger partial charge in [0.25, 0.3) is 0 Å². The molecule has 1 unspecified atom stereocenters. The number of carbonyl (C=O) groups is 2. The van der Waals surface area contributed by atoms with Crippen LogP contribution in [0.5, 0.6) is 5.75 Å². The second-order valence-corrected chi connectivity index (χ2v) is 7.42. The first-order chi connectivity index (χ1) is 13.6. The standard InChI is InChI=1S/C21H31N3O4/c1-27-14-13-24-10-7-19(21(24)26)22-8-4-9-23(12-11-22)20(25)16-17-5-3-6-18(15-17)28-2/h3,5-6,15,19H,4,7-14,16H2,1-2H3. The van der Waals surface area contributed by atoms with Gasteiger partial charge in [0.05, 0.1) is 26.2 Å². The van der Waals surface area contributed by atoms with Crippen LogP contribution in [0.2, 0.25) is 0 Å². The van der Waals surface area contributed by atoms with Crippen molar-refractivity contribution in [2.75, 3.05) is 60.1 Å². The second kappa shape index (κ2) is 9.89. The maximum atomic E-state index is 12.8. The average Bonchev–Trinajstić information content (AvgIpc) is 2.91. The molecule has 0 radical (unpaired) electrons. The van der Waals surface area contributed by atoms with Crippen LogP contribution in [-0.4, -0.2) is 92.7 Å². The van der Waals surface area contributed by atoms with Gasteiger partial charge in [-0.2, -0.15) is 0 Å². The SMILES string of the molecule is COCCN1CCC(N2CCCN(C(=O)Cc3cccc(OC)c3)CC2)C1=O. The Morgan fingerprint density at radius 1 is 1.14 bits per heavy atom. The number of nitrogens with zero attached hydrogens (tertiary/aromatic N) is 3. The first kappa shape index (κ1) is 20.6. The number of hydrogen-bond donors (Lipinski definition) is 0. The van der Waals surface area contributed by atoms with Crippen LogP contribution in [0.4, 0.5) is 0 Å². The summed E-state index contributed by atoms with van der Waals surface area (Å²) < 4.78 is 10.3. The Labute approximate surface area is 167 Å². The Hall–Kier alpha value is -2.12. The predicted octanol–water partition coefficient (Wildman–Crippen LogP) is 1.02. The van der Waals surface area contributed by atoms with Gasteiger partial charge in [0.15, 0.2) is 0 Å². The second-order valence-electron chi connectivity index (χ2n) is 7.42. The smallest absolute Gasteiger partial charge is 0.240 e. The van der Waals surface area contributed by atoms with Crippen LogP contribution in [-0.2, 0) is 20.7 Å². The van der Waals surface area contributed by atoms with E-state index in [1.807, 2.05) is 34.1 Å². The van der Waals surface area contributed by atoms with E-state index in [9.17, 15) is 9.59 Å². The van der Waals surface area contributed by atoms with Crippen molar-refractivity contribution in [2.45, 2.75) is 25.3 Å². The molecular formula is C21H31N3O4. The molecule has 0 bridgehead atoms. The van der Waals surface area contributed by atoms with Gasteiger partial charge in [-0.15, -0.1) is 0 Å². The minimum atomic E-state index is -0.0507. The van der Waals surface area contributed by atoms with Crippen molar-refractivity contribution in [3.8, 4) is 5.75 Å². The summed E-state index contributed by atoms with van der Waals surface area (Å²) in [5.41, 5.74) is 0.963. The third-order valence-corrected chi connectivity index (χ3v) is 5.65. The number of rotatable bonds is 7. The zero-order valence-corrected chi connectivity index (χ0v) is 16.9. The molecule has 2 fully saturated rings. The van der Waals surface area contributed by atoms with Crippen molar-refractivity contribution in [3.05, 3.63) is 29.8 Å². The van der Waals surface area contributed by atoms with Crippen molar-refractivity contribution in [2.24, 2.45) is 0 Å². The molecule has 7 nitrogen and oxygen atoms in total. The van der Waals surface area contributed by atoms with Crippen LogP contribution in [0.15, 0.2) is 24.3 Å². The summed E-state index contributed by atoms with van der Waals surface area (Å²) in [4.78, 5) is 31.5. The molecule has 2 aliphatic heterocycles. The van der Waals surface area contributed by atoms with Crippen LogP contribution in [0.1, 0.15) is 18.4 Å². The van der Waals surface area contributed by atoms with E-state index in [1.54, 1.807) is 14.2 Å². The lowest BCUT2D eigenvalue weighted by atomic mass is 10.1. The molecule has 154 valence electrons. The first-order valence-electron chi connectivity index (χ1n) is 10.0. The number of benzene rings is 1. The molecule has 0 aliphatic carbocycles. The summed E-state index contributed by atoms with van der Waals surface area (Å²) in [6.07, 6.45) is 2.14. The fourth-order valence-electron chi connectivity index (χ4n) is 4.05. The fourth-order valence-corrected chi connectivity index (χ4v) is 4.05. The number of carbonyl (C=O) groups excluding carboxylic acids is 2. The number of hydrogen-bond acceptors (Lipinski definition) is 5. The summed E-state index contributed by atoms with van der Waals surface area (Å²) in [6.45, 7) is 5.05. The van der Waals surface area contributed by atoms with Crippen LogP contribution in [0, 0.1) is 0 Å². The molecule has 0 spiro atoms. The maximum absolute atomic E-state index is 12.8. The Morgan fingerprint density at radius 2 is 2.00 bits per heavy atom. The Bertz CT molecular complexity index is 681. The quantitative estimate of drug-likeness (QED) is 0.697. The third-order valence-electron chi connectivity index (χ3n) is 5.65. The highest BCUT2D eigenvalue weighted by atomic mass is 16.5. The lowest BCUT2D eigenvalue weighted by Crippen LogP contribution is -2.44. The van der Waals surface area contributed by atoms with Crippen molar-refractivity contribution < 1.29 is 19.1 Å². The van der Waals surface area contributed by atoms with Gasteiger partial charge >= 0.3 is 0 Å². The van der Waals surface area contributed by atoms with E-state index in [0.29, 0.717) is 26.1 Å². The summed E-state index contributed by atoms with van der Waals surface area (Å²) in [7, 11) is 3.29. The van der Waals surface area contributed by atoms with E-state index in [0.717, 1.165) is 50.3 Å². The van der Waals surface area contributed by atoms with Crippen LogP contribution >= 0.6 is 0 Å². The molecule has 2 saturated heterocycles. The fraction of sp³-hybridized carbons (Fsp3) is 0.619. The summed E-state index contributed by atoms with van der Waals surface area (Å²) in [5.74, 6) is 1.10. The van der Waals surface area contributed by atoms with E-state index < -0.39 is 0 Å². The Morgan fingerprint density at radius 3 is 2.79 bits per heavy atom. The topological polar surface area (TPSA) is 62.3 Å². The van der Waals surface area contributed by atoms with Crippen molar-refractivity contribution in [1.29, 1.82) is 0 Å². The van der Waals surface area contributed by atoms with Crippen molar-refractivity contribution in [3.63, 3.8) is 0 Å². The van der Waals surface area contributed by atoms with E-state index in [-0.39, 0.29) is 17.9 Å². The normalized spacial score (nSPS) is 21.1. The summed E-state index contributed by atoms with van der Waals surface area (Å²) in [6, 6.07) is 7.61. The van der Waals surface area contributed by atoms with E-state index in [2.05, 4.69) is 4.90 Å². The van der Waals surface area contributed by atoms with Crippen LogP contribution < -0.4 is 4.74 Å². The van der Waals surface area contributed by atoms with Gasteiger partial charge in [0.2, 0.25) is 11.8 Å². The molecule has 1 aromatic rings. The van der Waals surface area contributed by atoms with Gasteiger partial charge in [0.1, 0.15) is 5.75 Å². The molecule has 2 amide bonds. The van der Waals surface area contributed by atoms with Gasteiger partial charge in [-0.25, -0.2) is 0 Å². The molecule has 1 atom stereocenters. The molecular weight excluding hydrogens is 358 g/mol. The monoisotopic (exact) mass is 389 g/mol. The van der Waals surface area contributed by atoms with Crippen LogP contribution in [0.25, 0.3) is 0 Å². The summed E-state index contributed by atoms with van der Waals surface area (Å²) >= 11 is 0. The molecule has 7 heteroatoms. The van der Waals surface area contributed by atoms with E-state index >= 15 is 0 Å². The molecule has 0 aromatic heterocycles. The van der Waals surface area contributed by atoms with Gasteiger partial charge in [-0.3, -0.25) is 14.5 Å². The van der Waals surface area contributed by atoms with Gasteiger partial charge in [0, 0.05) is 46.4 Å². The number of ether oxygens (including phenoxy) is 2. The number of methoxy groups -OCH3 is 2. The minimum Gasteiger partial charge on any atom is -0.497 e. The molecule has 0 N–H and O–H groups in total. The zero-order valence-electron chi connectivity index (χ0n) is 16.9. The molecule has 2 aliphatic rings. The van der Waals surface area contributed by atoms with Crippen molar-refractivity contribution >= 4 is 11.8 Å². The first-order valence-corrected chi connectivity index (χ1v) is 10.0. The highest BCUT2D eigenvalue weighted by molar-refractivity contribution is 5.84. The molecule has 2 heterocycles. The molecule has 1 aromatic carbocycles. The Balaban J connectivity index is 1.53. The summed E-state index contributed by atoms with van der Waals surface area (Å²) in [5, 5.41) is 0. The van der Waals surface area contributed by atoms with Crippen molar-refractivity contribution in [1.82, 2.24) is 14.7 Å². The largest absolute Gasteiger partial charge is 0.497 e. The lowest BCUT2D eigenvalue weighted by molar-refractivity contribution is -0.132. The molecule has 28 heavy (non-hydrogen) atoms. The van der Waals surface area contributed by atoms with Gasteiger partial charge < -0.3 is 19.3 Å². The Kier molecular flexibility index (Phi) is 7.28. The van der Waals surface area contributed by atoms with E-state index in [1.165, 1.54) is 0 Å². The lowest BCUT2D eigenvalue weighted by Gasteiger charge is -2.26. The van der Waals surface area contributed by atoms with Crippen LogP contribution in [0.3, 0.4) is 0 Å². The minimum absolute atomic E-state index is 0.0507. The van der Waals surface area contributed by atoms with Gasteiger partial charge in [-0.1, -0.05) is 12.1 Å². The average molecular weight is 389 g/mol. The highest BCUT2D eigenvalue weighted by Crippen LogP contribution is 2.20. The molecule has 3 rings (SSSR count). The third kappa shape index (κ3) is 5.02. The zero-order chi connectivity index (χ0) is 19.9. The highest BCUT2D eigenvalue weighted by Gasteiger charge is 2.36. The number of likely N-dealkylation sites (tertiary alicyclic amines) is 1. The van der Waals surface area contributed by atoms with E-state index in [4.69, 9.17) is 9.47 Å².